The second kappa shape index (κ2) is 5.82. The van der Waals surface area contributed by atoms with Crippen molar-refractivity contribution < 1.29 is 9.94 Å². The summed E-state index contributed by atoms with van der Waals surface area (Å²) >= 11 is 0. The van der Waals surface area contributed by atoms with E-state index in [1.54, 1.807) is 18.2 Å². The maximum absolute atomic E-state index is 10.3. The van der Waals surface area contributed by atoms with Gasteiger partial charge in [-0.05, 0) is 19.2 Å². The number of aromatic nitrogens is 2. The number of ether oxygens (including phenoxy) is 1. The van der Waals surface area contributed by atoms with E-state index in [2.05, 4.69) is 22.2 Å². The first kappa shape index (κ1) is 14.6. The van der Waals surface area contributed by atoms with Gasteiger partial charge in [-0.3, -0.25) is 5.41 Å². The van der Waals surface area contributed by atoms with E-state index in [-0.39, 0.29) is 11.9 Å². The molecule has 0 saturated carbocycles. The number of anilines is 1. The molecule has 1 atom stereocenters. The van der Waals surface area contributed by atoms with Crippen molar-refractivity contribution in [3.63, 3.8) is 0 Å². The normalized spacial score (nSPS) is 19.4. The number of nitrogens with zero attached hydrogens (tertiary/aromatic N) is 3. The molecule has 3 rings (SSSR count). The number of para-hydroxylation sites is 1. The Morgan fingerprint density at radius 3 is 3.14 bits per heavy atom. The number of imidazole rings is 1. The van der Waals surface area contributed by atoms with Gasteiger partial charge in [0.25, 0.3) is 0 Å². The maximum atomic E-state index is 10.3. The molecule has 22 heavy (non-hydrogen) atoms. The zero-order valence-corrected chi connectivity index (χ0v) is 12.4. The Labute approximate surface area is 127 Å². The number of fused-ring (bicyclic) bond motifs is 1. The van der Waals surface area contributed by atoms with Crippen LogP contribution in [0.25, 0.3) is 11.0 Å². The minimum atomic E-state index is -0.107. The average Bonchev–Trinajstić information content (AvgIpc) is 2.82. The molecule has 1 aliphatic rings. The van der Waals surface area contributed by atoms with Crippen molar-refractivity contribution in [1.82, 2.24) is 14.6 Å². The summed E-state index contributed by atoms with van der Waals surface area (Å²) in [4.78, 5) is 6.54. The highest BCUT2D eigenvalue weighted by atomic mass is 16.5. The lowest BCUT2D eigenvalue weighted by molar-refractivity contribution is -0.0119. The van der Waals surface area contributed by atoms with Gasteiger partial charge in [0, 0.05) is 25.2 Å². The van der Waals surface area contributed by atoms with Crippen LogP contribution in [-0.2, 0) is 4.74 Å². The van der Waals surface area contributed by atoms with Gasteiger partial charge in [0.05, 0.1) is 18.2 Å². The van der Waals surface area contributed by atoms with Crippen LogP contribution in [-0.4, -0.2) is 65.0 Å². The lowest BCUT2D eigenvalue weighted by atomic mass is 10.2. The summed E-state index contributed by atoms with van der Waals surface area (Å²) in [7, 11) is 2.05. The number of likely N-dealkylation sites (N-methyl/N-ethyl adjacent to an activating group) is 1. The van der Waals surface area contributed by atoms with E-state index >= 15 is 0 Å². The van der Waals surface area contributed by atoms with Crippen LogP contribution in [0, 0.1) is 5.41 Å². The van der Waals surface area contributed by atoms with Crippen LogP contribution in [0.1, 0.15) is 5.56 Å². The molecule has 118 valence electrons. The van der Waals surface area contributed by atoms with Gasteiger partial charge in [0.1, 0.15) is 11.4 Å². The van der Waals surface area contributed by atoms with E-state index in [1.165, 1.54) is 0 Å². The van der Waals surface area contributed by atoms with Crippen LogP contribution in [0.5, 0.6) is 0 Å². The number of amidine groups is 1. The highest BCUT2D eigenvalue weighted by Gasteiger charge is 2.19. The summed E-state index contributed by atoms with van der Waals surface area (Å²) in [6.07, 6.45) is 0.0471. The van der Waals surface area contributed by atoms with E-state index in [9.17, 15) is 5.21 Å². The first-order valence-corrected chi connectivity index (χ1v) is 7.15. The third-order valence-electron chi connectivity index (χ3n) is 3.77. The average molecular weight is 304 g/mol. The molecule has 0 amide bonds. The standard InChI is InChI=1S/C14H20N6O2/c1-19-5-6-22-9(8-19)7-17-14-18-11-4-2-3-10(13(15)16)12(11)20(14)21/h2-4,9,21H,5-8H2,1H3,(H3,15,16)(H,17,18). The number of nitrogens with one attached hydrogen (secondary N) is 2. The van der Waals surface area contributed by atoms with Crippen molar-refractivity contribution in [1.29, 1.82) is 5.41 Å². The fourth-order valence-electron chi connectivity index (χ4n) is 2.64. The minimum absolute atomic E-state index is 0.0471. The monoisotopic (exact) mass is 304 g/mol. The number of morpholine rings is 1. The zero-order chi connectivity index (χ0) is 15.7. The van der Waals surface area contributed by atoms with Crippen molar-refractivity contribution in [2.24, 2.45) is 5.73 Å². The molecule has 1 aromatic carbocycles. The van der Waals surface area contributed by atoms with Crippen molar-refractivity contribution in [3.8, 4) is 0 Å². The summed E-state index contributed by atoms with van der Waals surface area (Å²) < 4.78 is 6.61. The molecule has 0 radical (unpaired) electrons. The second-order valence-corrected chi connectivity index (χ2v) is 5.47. The summed E-state index contributed by atoms with van der Waals surface area (Å²) in [5.41, 5.74) is 7.01. The van der Waals surface area contributed by atoms with Crippen LogP contribution >= 0.6 is 0 Å². The summed E-state index contributed by atoms with van der Waals surface area (Å²) in [5, 5.41) is 21.0. The van der Waals surface area contributed by atoms with Gasteiger partial charge in [0.2, 0.25) is 5.95 Å². The zero-order valence-electron chi connectivity index (χ0n) is 12.4. The number of hydrogen-bond donors (Lipinski definition) is 4. The number of hydrogen-bond acceptors (Lipinski definition) is 6. The number of rotatable bonds is 4. The number of benzene rings is 1. The Hall–Kier alpha value is -2.32. The first-order chi connectivity index (χ1) is 10.6. The third kappa shape index (κ3) is 2.70. The Morgan fingerprint density at radius 1 is 1.59 bits per heavy atom. The molecule has 2 aromatic rings. The van der Waals surface area contributed by atoms with Crippen molar-refractivity contribution in [3.05, 3.63) is 23.8 Å². The summed E-state index contributed by atoms with van der Waals surface area (Å²) in [6.45, 7) is 3.00. The van der Waals surface area contributed by atoms with Crippen molar-refractivity contribution >= 4 is 22.8 Å². The molecule has 1 aliphatic heterocycles. The van der Waals surface area contributed by atoms with Crippen LogP contribution in [0.2, 0.25) is 0 Å². The molecule has 1 fully saturated rings. The molecule has 8 heteroatoms. The number of nitrogen functional groups attached to an aromatic ring is 1. The molecule has 0 bridgehead atoms. The van der Waals surface area contributed by atoms with Gasteiger partial charge in [-0.15, -0.1) is 4.73 Å². The quantitative estimate of drug-likeness (QED) is 0.367. The summed E-state index contributed by atoms with van der Waals surface area (Å²) in [6, 6.07) is 5.21. The van der Waals surface area contributed by atoms with Gasteiger partial charge >= 0.3 is 0 Å². The predicted octanol–water partition coefficient (Wildman–Crippen LogP) is 0.300. The van der Waals surface area contributed by atoms with Gasteiger partial charge in [0.15, 0.2) is 0 Å². The topological polar surface area (TPSA) is 112 Å². The largest absolute Gasteiger partial charge is 0.425 e. The van der Waals surface area contributed by atoms with Gasteiger partial charge in [-0.1, -0.05) is 6.07 Å². The van der Waals surface area contributed by atoms with Crippen LogP contribution < -0.4 is 11.1 Å². The van der Waals surface area contributed by atoms with Gasteiger partial charge < -0.3 is 25.9 Å². The van der Waals surface area contributed by atoms with E-state index in [1.807, 2.05) is 0 Å². The third-order valence-corrected chi connectivity index (χ3v) is 3.77. The molecule has 0 spiro atoms. The molecule has 1 aromatic heterocycles. The fraction of sp³-hybridized carbons (Fsp3) is 0.429. The van der Waals surface area contributed by atoms with Crippen molar-refractivity contribution in [2.75, 3.05) is 38.6 Å². The first-order valence-electron chi connectivity index (χ1n) is 7.15. The molecule has 1 unspecified atom stereocenters. The predicted molar refractivity (Wildman–Crippen MR) is 83.7 cm³/mol. The van der Waals surface area contributed by atoms with Crippen LogP contribution in [0.4, 0.5) is 5.95 Å². The molecule has 2 heterocycles. The molecular formula is C14H20N6O2. The smallest absolute Gasteiger partial charge is 0.237 e. The highest BCUT2D eigenvalue weighted by Crippen LogP contribution is 2.21. The number of nitrogens with two attached hydrogens (primary N) is 1. The lowest BCUT2D eigenvalue weighted by Gasteiger charge is -2.30. The Morgan fingerprint density at radius 2 is 2.41 bits per heavy atom. The van der Waals surface area contributed by atoms with Gasteiger partial charge in [-0.25, -0.2) is 4.98 Å². The fourth-order valence-corrected chi connectivity index (χ4v) is 2.64. The molecule has 8 nitrogen and oxygen atoms in total. The van der Waals surface area contributed by atoms with E-state index in [4.69, 9.17) is 15.9 Å². The Kier molecular flexibility index (Phi) is 3.86. The van der Waals surface area contributed by atoms with E-state index < -0.39 is 0 Å². The summed E-state index contributed by atoms with van der Waals surface area (Å²) in [5.74, 6) is 0.213. The Bertz CT molecular complexity index is 698. The molecule has 1 saturated heterocycles. The van der Waals surface area contributed by atoms with Crippen LogP contribution in [0.3, 0.4) is 0 Å². The SMILES string of the molecule is CN1CCOC(CNc2nc3cccc(C(=N)N)c3n2O)C1. The van der Waals surface area contributed by atoms with Crippen molar-refractivity contribution in [2.45, 2.75) is 6.10 Å². The molecule has 0 aliphatic carbocycles. The second-order valence-electron chi connectivity index (χ2n) is 5.47. The van der Waals surface area contributed by atoms with E-state index in [0.29, 0.717) is 35.7 Å². The van der Waals surface area contributed by atoms with Gasteiger partial charge in [-0.2, -0.15) is 0 Å². The minimum Gasteiger partial charge on any atom is -0.425 e. The van der Waals surface area contributed by atoms with Crippen LogP contribution in [0.15, 0.2) is 18.2 Å². The molecule has 5 N–H and O–H groups in total. The Balaban J connectivity index is 1.81. The highest BCUT2D eigenvalue weighted by molar-refractivity contribution is 6.06. The lowest BCUT2D eigenvalue weighted by Crippen LogP contribution is -2.43. The maximum Gasteiger partial charge on any atom is 0.237 e. The molecular weight excluding hydrogens is 284 g/mol. The van der Waals surface area contributed by atoms with E-state index in [0.717, 1.165) is 17.8 Å².